The molecule has 1 N–H and O–H groups in total. The molecule has 0 saturated heterocycles. The van der Waals surface area contributed by atoms with E-state index >= 15 is 0 Å². The average molecular weight is 249 g/mol. The van der Waals surface area contributed by atoms with E-state index in [0.29, 0.717) is 6.42 Å². The van der Waals surface area contributed by atoms with Gasteiger partial charge in [0.15, 0.2) is 0 Å². The van der Waals surface area contributed by atoms with Gasteiger partial charge in [-0.15, -0.1) is 0 Å². The number of hydrogen-bond acceptors (Lipinski definition) is 2. The molecule has 0 fully saturated rings. The predicted octanol–water partition coefficient (Wildman–Crippen LogP) is 1.70. The molecule has 1 amide bonds. The molecule has 4 heteroatoms. The number of nitrogens with zero attached hydrogens (tertiary/aromatic N) is 2. The van der Waals surface area contributed by atoms with Gasteiger partial charge in [-0.05, 0) is 32.5 Å². The van der Waals surface area contributed by atoms with E-state index in [1.165, 1.54) is 11.4 Å². The topological polar surface area (TPSA) is 37.3 Å². The summed E-state index contributed by atoms with van der Waals surface area (Å²) in [4.78, 5) is 14.2. The first-order valence-electron chi connectivity index (χ1n) is 6.81. The van der Waals surface area contributed by atoms with Gasteiger partial charge in [0.05, 0.1) is 6.04 Å². The van der Waals surface area contributed by atoms with E-state index in [0.717, 1.165) is 26.2 Å². The van der Waals surface area contributed by atoms with Crippen molar-refractivity contribution in [1.82, 2.24) is 14.8 Å². The molecule has 4 nitrogen and oxygen atoms in total. The summed E-state index contributed by atoms with van der Waals surface area (Å²) >= 11 is 0. The van der Waals surface area contributed by atoms with Crippen LogP contribution in [0.15, 0.2) is 12.1 Å². The molecule has 0 radical (unpaired) electrons. The van der Waals surface area contributed by atoms with Gasteiger partial charge in [-0.1, -0.05) is 6.92 Å². The van der Waals surface area contributed by atoms with Crippen LogP contribution in [0.3, 0.4) is 0 Å². The molecular weight excluding hydrogens is 226 g/mol. The lowest BCUT2D eigenvalue weighted by molar-refractivity contribution is -0.134. The van der Waals surface area contributed by atoms with E-state index in [1.54, 1.807) is 0 Å². The highest BCUT2D eigenvalue weighted by atomic mass is 16.2. The lowest BCUT2D eigenvalue weighted by atomic mass is 10.1. The third kappa shape index (κ3) is 2.43. The van der Waals surface area contributed by atoms with E-state index in [9.17, 15) is 4.79 Å². The molecule has 0 aliphatic carbocycles. The second-order valence-electron chi connectivity index (χ2n) is 4.92. The fourth-order valence-electron chi connectivity index (χ4n) is 2.68. The van der Waals surface area contributed by atoms with Gasteiger partial charge in [0.1, 0.15) is 0 Å². The van der Waals surface area contributed by atoms with Crippen molar-refractivity contribution in [3.63, 3.8) is 0 Å². The minimum atomic E-state index is 0.196. The minimum absolute atomic E-state index is 0.196. The molecule has 0 saturated carbocycles. The number of rotatable bonds is 4. The zero-order chi connectivity index (χ0) is 13.1. The molecule has 100 valence electrons. The Hall–Kier alpha value is -1.29. The van der Waals surface area contributed by atoms with Crippen molar-refractivity contribution in [3.05, 3.63) is 23.5 Å². The third-order valence-corrected chi connectivity index (χ3v) is 3.78. The molecule has 0 spiro atoms. The molecule has 0 aromatic carbocycles. The van der Waals surface area contributed by atoms with Crippen LogP contribution in [0.1, 0.15) is 37.7 Å². The Kier molecular flexibility index (Phi) is 4.07. The fraction of sp³-hybridized carbons (Fsp3) is 0.643. The van der Waals surface area contributed by atoms with Gasteiger partial charge in [0.2, 0.25) is 5.91 Å². The number of aromatic nitrogens is 1. The number of aryl methyl sites for hydroxylation is 1. The predicted molar refractivity (Wildman–Crippen MR) is 72.5 cm³/mol. The molecule has 1 aromatic rings. The Bertz CT molecular complexity index is 425. The smallest absolute Gasteiger partial charge is 0.224 e. The van der Waals surface area contributed by atoms with Crippen LogP contribution in [-0.2, 0) is 11.3 Å². The molecule has 1 aromatic heterocycles. The first-order chi connectivity index (χ1) is 8.65. The Balaban J connectivity index is 2.02. The van der Waals surface area contributed by atoms with Crippen LogP contribution in [0, 0.1) is 6.92 Å². The zero-order valence-corrected chi connectivity index (χ0v) is 11.6. The molecule has 1 aliphatic rings. The lowest BCUT2D eigenvalue weighted by Crippen LogP contribution is -2.41. The van der Waals surface area contributed by atoms with Crippen LogP contribution in [0.5, 0.6) is 0 Å². The number of hydrogen-bond donors (Lipinski definition) is 1. The highest BCUT2D eigenvalue weighted by Gasteiger charge is 2.27. The summed E-state index contributed by atoms with van der Waals surface area (Å²) in [7, 11) is 0. The maximum Gasteiger partial charge on any atom is 0.224 e. The van der Waals surface area contributed by atoms with E-state index in [1.807, 2.05) is 4.90 Å². The molecule has 2 rings (SSSR count). The van der Waals surface area contributed by atoms with Gasteiger partial charge in [-0.3, -0.25) is 4.79 Å². The monoisotopic (exact) mass is 249 g/mol. The normalized spacial score (nSPS) is 18.8. The van der Waals surface area contributed by atoms with E-state index in [2.05, 4.69) is 42.8 Å². The summed E-state index contributed by atoms with van der Waals surface area (Å²) in [6.45, 7) is 9.75. The van der Waals surface area contributed by atoms with Gasteiger partial charge in [0.25, 0.3) is 0 Å². The molecule has 18 heavy (non-hydrogen) atoms. The second-order valence-corrected chi connectivity index (χ2v) is 4.92. The van der Waals surface area contributed by atoms with E-state index in [-0.39, 0.29) is 11.9 Å². The van der Waals surface area contributed by atoms with Crippen LogP contribution in [0.25, 0.3) is 0 Å². The fourth-order valence-corrected chi connectivity index (χ4v) is 2.68. The Labute approximate surface area is 109 Å². The van der Waals surface area contributed by atoms with Gasteiger partial charge in [-0.25, -0.2) is 0 Å². The van der Waals surface area contributed by atoms with Crippen molar-refractivity contribution in [1.29, 1.82) is 0 Å². The van der Waals surface area contributed by atoms with Gasteiger partial charge in [-0.2, -0.15) is 0 Å². The van der Waals surface area contributed by atoms with Crippen molar-refractivity contribution < 1.29 is 4.79 Å². The number of carbonyl (C=O) groups excluding carboxylic acids is 1. The number of amides is 1. The third-order valence-electron chi connectivity index (χ3n) is 3.78. The number of carbonyl (C=O) groups is 1. The molecule has 1 atom stereocenters. The number of fused-ring (bicyclic) bond motifs is 1. The highest BCUT2D eigenvalue weighted by molar-refractivity contribution is 5.77. The lowest BCUT2D eigenvalue weighted by Gasteiger charge is -2.35. The largest absolute Gasteiger partial charge is 0.345 e. The Morgan fingerprint density at radius 2 is 2.22 bits per heavy atom. The molecule has 0 bridgehead atoms. The van der Waals surface area contributed by atoms with Crippen molar-refractivity contribution in [2.75, 3.05) is 19.6 Å². The Morgan fingerprint density at radius 3 is 2.94 bits per heavy atom. The maximum absolute atomic E-state index is 12.2. The standard InChI is InChI=1S/C14H23N3O/c1-4-15-8-7-14(18)17-10-9-16-11(2)5-6-13(16)12(17)3/h5-6,12,15H,4,7-10H2,1-3H3. The summed E-state index contributed by atoms with van der Waals surface area (Å²) < 4.78 is 2.32. The van der Waals surface area contributed by atoms with Gasteiger partial charge < -0.3 is 14.8 Å². The Morgan fingerprint density at radius 1 is 1.44 bits per heavy atom. The second kappa shape index (κ2) is 5.57. The minimum Gasteiger partial charge on any atom is -0.345 e. The van der Waals surface area contributed by atoms with Crippen molar-refractivity contribution in [3.8, 4) is 0 Å². The SMILES string of the molecule is CCNCCC(=O)N1CCn2c(C)ccc2C1C. The quantitative estimate of drug-likeness (QED) is 0.825. The summed E-state index contributed by atoms with van der Waals surface area (Å²) in [5.74, 6) is 0.258. The van der Waals surface area contributed by atoms with Crippen LogP contribution in [-0.4, -0.2) is 35.0 Å². The van der Waals surface area contributed by atoms with E-state index < -0.39 is 0 Å². The van der Waals surface area contributed by atoms with Crippen molar-refractivity contribution in [2.45, 2.75) is 39.8 Å². The summed E-state index contributed by atoms with van der Waals surface area (Å²) in [6, 6.07) is 4.48. The average Bonchev–Trinajstić information content (AvgIpc) is 2.73. The highest BCUT2D eigenvalue weighted by Crippen LogP contribution is 2.27. The van der Waals surface area contributed by atoms with Gasteiger partial charge >= 0.3 is 0 Å². The molecule has 1 aliphatic heterocycles. The molecule has 1 unspecified atom stereocenters. The van der Waals surface area contributed by atoms with Crippen molar-refractivity contribution >= 4 is 5.91 Å². The zero-order valence-electron chi connectivity index (χ0n) is 11.6. The first-order valence-corrected chi connectivity index (χ1v) is 6.81. The van der Waals surface area contributed by atoms with Crippen LogP contribution < -0.4 is 5.32 Å². The molecular formula is C14H23N3O. The van der Waals surface area contributed by atoms with Crippen LogP contribution in [0.4, 0.5) is 0 Å². The van der Waals surface area contributed by atoms with Gasteiger partial charge in [0, 0.05) is 37.4 Å². The maximum atomic E-state index is 12.2. The molecule has 2 heterocycles. The first kappa shape index (κ1) is 13.1. The van der Waals surface area contributed by atoms with E-state index in [4.69, 9.17) is 0 Å². The summed E-state index contributed by atoms with van der Waals surface area (Å²) in [5.41, 5.74) is 2.55. The summed E-state index contributed by atoms with van der Waals surface area (Å²) in [6.07, 6.45) is 0.595. The van der Waals surface area contributed by atoms with Crippen LogP contribution >= 0.6 is 0 Å². The summed E-state index contributed by atoms with van der Waals surface area (Å²) in [5, 5.41) is 3.20. The number of nitrogens with one attached hydrogen (secondary N) is 1. The van der Waals surface area contributed by atoms with Crippen molar-refractivity contribution in [2.24, 2.45) is 0 Å². The van der Waals surface area contributed by atoms with Crippen LogP contribution in [0.2, 0.25) is 0 Å².